The summed E-state index contributed by atoms with van der Waals surface area (Å²) in [5, 5.41) is 0.489. The van der Waals surface area contributed by atoms with Crippen LogP contribution in [-0.2, 0) is 16.0 Å². The Morgan fingerprint density at radius 1 is 1.17 bits per heavy atom. The summed E-state index contributed by atoms with van der Waals surface area (Å²) in [7, 11) is 1.32. The molecule has 4 heterocycles. The highest BCUT2D eigenvalue weighted by Crippen LogP contribution is 2.36. The van der Waals surface area contributed by atoms with Crippen LogP contribution in [0.4, 0.5) is 5.95 Å². The zero-order valence-electron chi connectivity index (χ0n) is 20.4. The first-order chi connectivity index (χ1) is 16.9. The van der Waals surface area contributed by atoms with Gasteiger partial charge in [-0.1, -0.05) is 31.4 Å². The minimum atomic E-state index is -0.611. The van der Waals surface area contributed by atoms with E-state index in [0.717, 1.165) is 30.5 Å². The Balaban J connectivity index is 1.72. The van der Waals surface area contributed by atoms with Gasteiger partial charge in [0.15, 0.2) is 5.65 Å². The number of fused-ring (bicyclic) bond motifs is 1. The second kappa shape index (κ2) is 10.1. The molecule has 0 N–H and O–H groups in total. The van der Waals surface area contributed by atoms with E-state index in [0.29, 0.717) is 41.1 Å². The van der Waals surface area contributed by atoms with Crippen LogP contribution < -0.4 is 4.90 Å². The van der Waals surface area contributed by atoms with Crippen LogP contribution in [0.2, 0.25) is 5.02 Å². The number of hydrogen-bond donors (Lipinski definition) is 0. The standard InChI is InChI=1S/C25H31ClN6O3/c1-15-4-6-17(7-5-15)13-32-21-20(18-10-19(26)12-27-11-18)28-23(24(33)34-3)29-22(21)30-25(32)31-8-9-35-14-16(31)2/h10-12,15-17H,4-9,13-14H2,1-3H3. The molecule has 0 aromatic carbocycles. The number of methoxy groups -OCH3 is 1. The third-order valence-corrected chi connectivity index (χ3v) is 7.34. The SMILES string of the molecule is COC(=O)c1nc(-c2cncc(Cl)c2)c2c(n1)nc(N1CCOCC1C)n2CC1CCC(C)CC1. The molecular weight excluding hydrogens is 468 g/mol. The van der Waals surface area contributed by atoms with Crippen molar-refractivity contribution < 1.29 is 14.3 Å². The van der Waals surface area contributed by atoms with E-state index < -0.39 is 5.97 Å². The zero-order chi connectivity index (χ0) is 24.5. The van der Waals surface area contributed by atoms with Crippen LogP contribution in [0.25, 0.3) is 22.4 Å². The molecular formula is C25H31ClN6O3. The summed E-state index contributed by atoms with van der Waals surface area (Å²) in [5.74, 6) is 1.49. The smallest absolute Gasteiger partial charge is 0.376 e. The van der Waals surface area contributed by atoms with Gasteiger partial charge in [0.25, 0.3) is 0 Å². The summed E-state index contributed by atoms with van der Waals surface area (Å²) in [4.78, 5) is 33.1. The Bertz CT molecular complexity index is 1220. The number of ether oxygens (including phenoxy) is 2. The predicted molar refractivity (Wildman–Crippen MR) is 134 cm³/mol. The molecule has 0 bridgehead atoms. The minimum absolute atomic E-state index is 0.0345. The van der Waals surface area contributed by atoms with Gasteiger partial charge in [-0.15, -0.1) is 0 Å². The summed E-state index contributed by atoms with van der Waals surface area (Å²) in [6.45, 7) is 7.28. The molecule has 0 radical (unpaired) electrons. The molecule has 1 atom stereocenters. The Morgan fingerprint density at radius 3 is 2.69 bits per heavy atom. The fraction of sp³-hybridized carbons (Fsp3) is 0.560. The van der Waals surface area contributed by atoms with Crippen molar-refractivity contribution in [2.75, 3.05) is 31.8 Å². The van der Waals surface area contributed by atoms with Gasteiger partial charge in [-0.25, -0.2) is 14.8 Å². The second-order valence-electron chi connectivity index (χ2n) is 9.72. The fourth-order valence-corrected chi connectivity index (χ4v) is 5.31. The molecule has 1 saturated carbocycles. The zero-order valence-corrected chi connectivity index (χ0v) is 21.2. The highest BCUT2D eigenvalue weighted by molar-refractivity contribution is 6.30. The molecule has 3 aromatic rings. The molecule has 2 aliphatic rings. The van der Waals surface area contributed by atoms with Crippen molar-refractivity contribution in [3.63, 3.8) is 0 Å². The molecule has 1 saturated heterocycles. The monoisotopic (exact) mass is 498 g/mol. The van der Waals surface area contributed by atoms with Crippen LogP contribution in [0.1, 0.15) is 50.1 Å². The van der Waals surface area contributed by atoms with Crippen LogP contribution in [0.5, 0.6) is 0 Å². The summed E-state index contributed by atoms with van der Waals surface area (Å²) >= 11 is 6.29. The number of halogens is 1. The van der Waals surface area contributed by atoms with Crippen LogP contribution in [0.15, 0.2) is 18.5 Å². The lowest BCUT2D eigenvalue weighted by molar-refractivity contribution is 0.0587. The van der Waals surface area contributed by atoms with Crippen molar-refractivity contribution in [2.24, 2.45) is 11.8 Å². The van der Waals surface area contributed by atoms with E-state index >= 15 is 0 Å². The van der Waals surface area contributed by atoms with Crippen LogP contribution in [-0.4, -0.2) is 63.4 Å². The summed E-state index contributed by atoms with van der Waals surface area (Å²) in [6, 6.07) is 1.96. The molecule has 9 nitrogen and oxygen atoms in total. The average molecular weight is 499 g/mol. The van der Waals surface area contributed by atoms with Crippen molar-refractivity contribution in [2.45, 2.75) is 52.1 Å². The molecule has 5 rings (SSSR count). The molecule has 186 valence electrons. The number of anilines is 1. The summed E-state index contributed by atoms with van der Waals surface area (Å²) in [6.07, 6.45) is 8.09. The molecule has 0 spiro atoms. The number of esters is 1. The summed E-state index contributed by atoms with van der Waals surface area (Å²) < 4.78 is 12.9. The summed E-state index contributed by atoms with van der Waals surface area (Å²) in [5.41, 5.74) is 2.53. The van der Waals surface area contributed by atoms with Crippen molar-refractivity contribution in [3.8, 4) is 11.3 Å². The minimum Gasteiger partial charge on any atom is -0.463 e. The lowest BCUT2D eigenvalue weighted by atomic mass is 9.83. The van der Waals surface area contributed by atoms with E-state index in [-0.39, 0.29) is 11.9 Å². The predicted octanol–water partition coefficient (Wildman–Crippen LogP) is 4.38. The second-order valence-corrected chi connectivity index (χ2v) is 10.2. The molecule has 3 aromatic heterocycles. The van der Waals surface area contributed by atoms with E-state index in [1.54, 1.807) is 18.5 Å². The molecule has 10 heteroatoms. The maximum atomic E-state index is 12.5. The van der Waals surface area contributed by atoms with Gasteiger partial charge >= 0.3 is 5.97 Å². The number of hydrogen-bond acceptors (Lipinski definition) is 8. The number of nitrogens with zero attached hydrogens (tertiary/aromatic N) is 6. The van der Waals surface area contributed by atoms with Gasteiger partial charge in [0.2, 0.25) is 11.8 Å². The van der Waals surface area contributed by atoms with E-state index in [2.05, 4.69) is 38.3 Å². The van der Waals surface area contributed by atoms with Crippen LogP contribution in [0.3, 0.4) is 0 Å². The van der Waals surface area contributed by atoms with Crippen molar-refractivity contribution in [1.29, 1.82) is 0 Å². The van der Waals surface area contributed by atoms with Crippen LogP contribution >= 0.6 is 11.6 Å². The van der Waals surface area contributed by atoms with Gasteiger partial charge in [-0.2, -0.15) is 4.98 Å². The van der Waals surface area contributed by atoms with E-state index in [1.165, 1.54) is 32.8 Å². The number of pyridine rings is 1. The number of carbonyl (C=O) groups excluding carboxylic acids is 1. The molecule has 0 amide bonds. The van der Waals surface area contributed by atoms with Crippen molar-refractivity contribution in [1.82, 2.24) is 24.5 Å². The Morgan fingerprint density at radius 2 is 1.97 bits per heavy atom. The van der Waals surface area contributed by atoms with Crippen molar-refractivity contribution >= 4 is 34.7 Å². The maximum absolute atomic E-state index is 12.5. The van der Waals surface area contributed by atoms with Gasteiger partial charge < -0.3 is 18.9 Å². The normalized spacial score (nSPS) is 23.0. The third-order valence-electron chi connectivity index (χ3n) is 7.13. The average Bonchev–Trinajstić information content (AvgIpc) is 3.22. The first-order valence-electron chi connectivity index (χ1n) is 12.3. The Hall–Kier alpha value is -2.78. The largest absolute Gasteiger partial charge is 0.463 e. The first kappa shape index (κ1) is 23.9. The number of aromatic nitrogens is 5. The molecule has 1 unspecified atom stereocenters. The van der Waals surface area contributed by atoms with Gasteiger partial charge in [-0.05, 0) is 37.7 Å². The van der Waals surface area contributed by atoms with Gasteiger partial charge in [-0.3, -0.25) is 4.98 Å². The van der Waals surface area contributed by atoms with Crippen molar-refractivity contribution in [3.05, 3.63) is 29.3 Å². The van der Waals surface area contributed by atoms with Gasteiger partial charge in [0, 0.05) is 31.0 Å². The molecule has 1 aliphatic carbocycles. The van der Waals surface area contributed by atoms with E-state index in [9.17, 15) is 4.79 Å². The molecule has 35 heavy (non-hydrogen) atoms. The fourth-order valence-electron chi connectivity index (χ4n) is 5.14. The highest BCUT2D eigenvalue weighted by Gasteiger charge is 2.30. The molecule has 2 fully saturated rings. The maximum Gasteiger partial charge on any atom is 0.376 e. The topological polar surface area (TPSA) is 95.3 Å². The first-order valence-corrected chi connectivity index (χ1v) is 12.6. The van der Waals surface area contributed by atoms with E-state index in [1.807, 2.05) is 0 Å². The lowest BCUT2D eigenvalue weighted by Gasteiger charge is -2.35. The molecule has 1 aliphatic heterocycles. The number of carbonyl (C=O) groups is 1. The Labute approximate surface area is 209 Å². The van der Waals surface area contributed by atoms with E-state index in [4.69, 9.17) is 26.1 Å². The number of imidazole rings is 1. The van der Waals surface area contributed by atoms with Gasteiger partial charge in [0.05, 0.1) is 31.4 Å². The number of morpholine rings is 1. The Kier molecular flexibility index (Phi) is 6.88. The lowest BCUT2D eigenvalue weighted by Crippen LogP contribution is -2.45. The van der Waals surface area contributed by atoms with Crippen LogP contribution in [0, 0.1) is 11.8 Å². The number of rotatable bonds is 5. The highest BCUT2D eigenvalue weighted by atomic mass is 35.5. The third kappa shape index (κ3) is 4.84. The quantitative estimate of drug-likeness (QED) is 0.478. The van der Waals surface area contributed by atoms with Gasteiger partial charge in [0.1, 0.15) is 11.2 Å².